The summed E-state index contributed by atoms with van der Waals surface area (Å²) in [6.45, 7) is 11.2. The molecule has 1 N–H and O–H groups in total. The van der Waals surface area contributed by atoms with Gasteiger partial charge in [0.25, 0.3) is 0 Å². The van der Waals surface area contributed by atoms with Crippen LogP contribution in [0, 0.1) is 5.92 Å². The van der Waals surface area contributed by atoms with Crippen molar-refractivity contribution < 1.29 is 0 Å². The molecule has 2 heterocycles. The molecular formula is C13H24N4. The molecular weight excluding hydrogens is 212 g/mol. The van der Waals surface area contributed by atoms with Gasteiger partial charge in [-0.05, 0) is 38.9 Å². The van der Waals surface area contributed by atoms with Crippen molar-refractivity contribution in [3.05, 3.63) is 18.2 Å². The lowest BCUT2D eigenvalue weighted by Crippen LogP contribution is -2.26. The summed E-state index contributed by atoms with van der Waals surface area (Å²) in [5.41, 5.74) is 1.29. The van der Waals surface area contributed by atoms with Gasteiger partial charge in [0.1, 0.15) is 0 Å². The van der Waals surface area contributed by atoms with E-state index in [1.54, 1.807) is 0 Å². The zero-order valence-electron chi connectivity index (χ0n) is 11.0. The van der Waals surface area contributed by atoms with Crippen molar-refractivity contribution in [2.24, 2.45) is 5.92 Å². The number of nitrogens with zero attached hydrogens (tertiary/aromatic N) is 3. The summed E-state index contributed by atoms with van der Waals surface area (Å²) in [4.78, 5) is 6.71. The van der Waals surface area contributed by atoms with Crippen molar-refractivity contribution in [2.45, 2.75) is 33.4 Å². The Balaban J connectivity index is 1.70. The number of nitrogens with one attached hydrogen (secondary N) is 1. The molecule has 2 rings (SSSR count). The molecule has 1 atom stereocenters. The predicted molar refractivity (Wildman–Crippen MR) is 69.8 cm³/mol. The van der Waals surface area contributed by atoms with Crippen LogP contribution < -0.4 is 5.32 Å². The van der Waals surface area contributed by atoms with E-state index in [0.717, 1.165) is 25.6 Å². The fourth-order valence-electron chi connectivity index (χ4n) is 2.55. The predicted octanol–water partition coefficient (Wildman–Crippen LogP) is 1.33. The van der Waals surface area contributed by atoms with Crippen molar-refractivity contribution in [2.75, 3.05) is 26.2 Å². The molecule has 4 nitrogen and oxygen atoms in total. The van der Waals surface area contributed by atoms with E-state index in [0.29, 0.717) is 0 Å². The second-order valence-electron chi connectivity index (χ2n) is 4.85. The Kier molecular flexibility index (Phi) is 4.57. The van der Waals surface area contributed by atoms with E-state index in [9.17, 15) is 0 Å². The highest BCUT2D eigenvalue weighted by Crippen LogP contribution is 2.14. The fraction of sp³-hybridized carbons (Fsp3) is 0.769. The minimum atomic E-state index is 0.827. The quantitative estimate of drug-likeness (QED) is 0.809. The van der Waals surface area contributed by atoms with Crippen molar-refractivity contribution in [1.29, 1.82) is 0 Å². The second kappa shape index (κ2) is 6.17. The Morgan fingerprint density at radius 2 is 2.29 bits per heavy atom. The van der Waals surface area contributed by atoms with Gasteiger partial charge in [-0.1, -0.05) is 6.92 Å². The molecule has 0 spiro atoms. The van der Waals surface area contributed by atoms with Gasteiger partial charge in [-0.15, -0.1) is 0 Å². The first-order valence-corrected chi connectivity index (χ1v) is 6.75. The van der Waals surface area contributed by atoms with Crippen molar-refractivity contribution in [1.82, 2.24) is 19.8 Å². The molecule has 1 aliphatic rings. The molecule has 1 aromatic heterocycles. The molecule has 1 fully saturated rings. The van der Waals surface area contributed by atoms with Crippen LogP contribution >= 0.6 is 0 Å². The first kappa shape index (κ1) is 12.6. The first-order chi connectivity index (χ1) is 8.33. The van der Waals surface area contributed by atoms with Crippen LogP contribution in [0.3, 0.4) is 0 Å². The molecule has 1 aliphatic heterocycles. The Morgan fingerprint density at radius 1 is 1.41 bits per heavy atom. The maximum absolute atomic E-state index is 4.18. The van der Waals surface area contributed by atoms with Crippen LogP contribution in [-0.4, -0.2) is 40.6 Å². The second-order valence-corrected chi connectivity index (χ2v) is 4.85. The zero-order chi connectivity index (χ0) is 12.1. The molecule has 0 bridgehead atoms. The van der Waals surface area contributed by atoms with Gasteiger partial charge in [-0.3, -0.25) is 0 Å². The molecule has 0 amide bonds. The molecule has 17 heavy (non-hydrogen) atoms. The van der Waals surface area contributed by atoms with Crippen LogP contribution in [0.5, 0.6) is 0 Å². The third kappa shape index (κ3) is 3.30. The maximum Gasteiger partial charge on any atom is 0.0948 e. The van der Waals surface area contributed by atoms with E-state index >= 15 is 0 Å². The van der Waals surface area contributed by atoms with Gasteiger partial charge in [-0.2, -0.15) is 0 Å². The summed E-state index contributed by atoms with van der Waals surface area (Å²) in [6.07, 6.45) is 5.21. The summed E-state index contributed by atoms with van der Waals surface area (Å²) in [5.74, 6) is 0.827. The minimum absolute atomic E-state index is 0.827. The van der Waals surface area contributed by atoms with Gasteiger partial charge in [0.2, 0.25) is 0 Å². The van der Waals surface area contributed by atoms with Crippen LogP contribution in [0.15, 0.2) is 12.5 Å². The Bertz CT molecular complexity index is 334. The largest absolute Gasteiger partial charge is 0.334 e. The van der Waals surface area contributed by atoms with Gasteiger partial charge in [0.15, 0.2) is 0 Å². The van der Waals surface area contributed by atoms with Gasteiger partial charge >= 0.3 is 0 Å². The standard InChI is InChI=1S/C13H24N4/c1-3-16-6-5-12(10-16)7-14-8-13-9-15-11-17(13)4-2/h9,11-12,14H,3-8,10H2,1-2H3. The van der Waals surface area contributed by atoms with Crippen LogP contribution in [0.1, 0.15) is 26.0 Å². The highest BCUT2D eigenvalue weighted by molar-refractivity contribution is 4.97. The molecule has 4 heteroatoms. The lowest BCUT2D eigenvalue weighted by molar-refractivity contribution is 0.338. The van der Waals surface area contributed by atoms with Crippen LogP contribution in [0.4, 0.5) is 0 Å². The van der Waals surface area contributed by atoms with Gasteiger partial charge < -0.3 is 14.8 Å². The summed E-state index contributed by atoms with van der Waals surface area (Å²) >= 11 is 0. The monoisotopic (exact) mass is 236 g/mol. The normalized spacial score (nSPS) is 21.2. The van der Waals surface area contributed by atoms with E-state index in [2.05, 4.69) is 33.6 Å². The minimum Gasteiger partial charge on any atom is -0.334 e. The van der Waals surface area contributed by atoms with Gasteiger partial charge in [0, 0.05) is 25.8 Å². The van der Waals surface area contributed by atoms with Gasteiger partial charge in [0.05, 0.1) is 12.0 Å². The topological polar surface area (TPSA) is 33.1 Å². The van der Waals surface area contributed by atoms with Crippen molar-refractivity contribution in [3.8, 4) is 0 Å². The third-order valence-corrected chi connectivity index (χ3v) is 3.70. The Morgan fingerprint density at radius 3 is 3.00 bits per heavy atom. The summed E-state index contributed by atoms with van der Waals surface area (Å²) in [5, 5.41) is 3.56. The van der Waals surface area contributed by atoms with Crippen LogP contribution in [0.2, 0.25) is 0 Å². The average Bonchev–Trinajstić information content (AvgIpc) is 2.97. The molecule has 96 valence electrons. The summed E-state index contributed by atoms with van der Waals surface area (Å²) < 4.78 is 2.19. The molecule has 1 aromatic rings. The number of aryl methyl sites for hydroxylation is 1. The van der Waals surface area contributed by atoms with E-state index < -0.39 is 0 Å². The van der Waals surface area contributed by atoms with Crippen molar-refractivity contribution >= 4 is 0 Å². The smallest absolute Gasteiger partial charge is 0.0948 e. The summed E-state index contributed by atoms with van der Waals surface area (Å²) in [6, 6.07) is 0. The lowest BCUT2D eigenvalue weighted by atomic mass is 10.1. The fourth-order valence-corrected chi connectivity index (χ4v) is 2.55. The van der Waals surface area contributed by atoms with E-state index in [-0.39, 0.29) is 0 Å². The number of hydrogen-bond acceptors (Lipinski definition) is 3. The van der Waals surface area contributed by atoms with E-state index in [1.165, 1.54) is 31.7 Å². The number of hydrogen-bond donors (Lipinski definition) is 1. The highest BCUT2D eigenvalue weighted by Gasteiger charge is 2.20. The first-order valence-electron chi connectivity index (χ1n) is 6.75. The SMILES string of the molecule is CCN1CCC(CNCc2cncn2CC)C1. The number of likely N-dealkylation sites (tertiary alicyclic amines) is 1. The number of rotatable bonds is 6. The number of imidazole rings is 1. The van der Waals surface area contributed by atoms with Gasteiger partial charge in [-0.25, -0.2) is 4.98 Å². The third-order valence-electron chi connectivity index (χ3n) is 3.70. The highest BCUT2D eigenvalue weighted by atomic mass is 15.1. The van der Waals surface area contributed by atoms with Crippen molar-refractivity contribution in [3.63, 3.8) is 0 Å². The Hall–Kier alpha value is -0.870. The average molecular weight is 236 g/mol. The molecule has 1 unspecified atom stereocenters. The molecule has 0 saturated carbocycles. The maximum atomic E-state index is 4.18. The van der Waals surface area contributed by atoms with Crippen LogP contribution in [-0.2, 0) is 13.1 Å². The number of aromatic nitrogens is 2. The summed E-state index contributed by atoms with van der Waals surface area (Å²) in [7, 11) is 0. The molecule has 1 saturated heterocycles. The Labute approximate surface area is 104 Å². The molecule has 0 aliphatic carbocycles. The zero-order valence-corrected chi connectivity index (χ0v) is 11.0. The van der Waals surface area contributed by atoms with E-state index in [1.807, 2.05) is 12.5 Å². The van der Waals surface area contributed by atoms with E-state index in [4.69, 9.17) is 0 Å². The lowest BCUT2D eigenvalue weighted by Gasteiger charge is -2.14. The van der Waals surface area contributed by atoms with Crippen LogP contribution in [0.25, 0.3) is 0 Å². The molecule has 0 aromatic carbocycles. The molecule has 0 radical (unpaired) electrons.